The molecule has 0 spiro atoms. The number of nitrogens with zero attached hydrogens (tertiary/aromatic N) is 1. The molecule has 2 radical (unpaired) electrons. The van der Waals surface area contributed by atoms with E-state index in [4.69, 9.17) is 141 Å². The first-order valence-electron chi connectivity index (χ1n) is 45.4. The van der Waals surface area contributed by atoms with Gasteiger partial charge in [0, 0.05) is 95.9 Å². The number of imide groups is 1. The van der Waals surface area contributed by atoms with Crippen LogP contribution in [0.15, 0.2) is 0 Å². The average Bonchev–Trinajstić information content (AvgIpc) is 1.56. The number of hydrogen-bond acceptors (Lipinski definition) is 44. The van der Waals surface area contributed by atoms with Crippen LogP contribution in [0.4, 0.5) is 0 Å². The molecule has 0 bridgehead atoms. The Hall–Kier alpha value is -3.76. The maximum absolute atomic E-state index is 14.2. The van der Waals surface area contributed by atoms with Gasteiger partial charge in [-0.2, -0.15) is 0 Å². The van der Waals surface area contributed by atoms with E-state index < -0.39 is 158 Å². The van der Waals surface area contributed by atoms with Crippen LogP contribution in [0.5, 0.6) is 0 Å². The number of amides is 4. The number of rotatable bonds is 88. The molecule has 4 aliphatic rings. The molecule has 17 unspecified atom stereocenters. The van der Waals surface area contributed by atoms with Crippen molar-refractivity contribution in [1.29, 1.82) is 0 Å². The van der Waals surface area contributed by atoms with E-state index in [-0.39, 0.29) is 357 Å². The van der Waals surface area contributed by atoms with Gasteiger partial charge in [0.15, 0.2) is 18.9 Å². The number of nitrogens with one attached hydrogen (secondary N) is 2. The Labute approximate surface area is 795 Å². The second-order valence-electron chi connectivity index (χ2n) is 31.7. The number of aliphatic hydroxyl groups excluding tert-OH is 9. The Morgan fingerprint density at radius 2 is 0.664 bits per heavy atom. The Balaban J connectivity index is 1.23. The Morgan fingerprint density at radius 1 is 0.372 bits per heavy atom. The summed E-state index contributed by atoms with van der Waals surface area (Å²) in [6.07, 6.45) is -23.3. The van der Waals surface area contributed by atoms with Crippen molar-refractivity contribution < 1.29 is 240 Å². The highest BCUT2D eigenvalue weighted by Crippen LogP contribution is 2.42. The van der Waals surface area contributed by atoms with Crippen LogP contribution in [0.25, 0.3) is 0 Å². The molecule has 0 aliphatic carbocycles. The van der Waals surface area contributed by atoms with E-state index in [0.717, 1.165) is 4.90 Å². The standard InChI is InChI=1S/C80H145BN3O50P3/c1-56(60(87)7-15-84-66(90)51-59(81)76(84)100)8-17-111-22-27-116-32-33-117-28-23-112-18-9-58(86)52-80(10-4-57(85)3-2-16-110-21-26-115-31-36-120-39-42-123-45-48-126-77-73(97)70(94)67(91)61(132-77)53-129-135(101,102)103,11-5-64(88)82-13-19-113-24-29-118-34-37-121-40-43-124-46-49-127-78-74(98)71(95)68(92)62(133-78)54-130-136(104,105)106)12-6-65(89)83-14-20-114-25-30-119-35-38-122-41-44-125-47-50-128-79-75(99)72(96)69(93)63(134-79)55-131-137(107,108)109/h56,59,61-63,67-75,77-79,91-99H,2-55H2,1H3,(H,82,88)(H,83,89)(H2,101,102,103)(H2,104,105,106)(H2,107,108,109). The van der Waals surface area contributed by atoms with E-state index in [1.807, 2.05) is 0 Å². The number of aliphatic hydroxyl groups is 9. The summed E-state index contributed by atoms with van der Waals surface area (Å²) >= 11 is 0. The lowest BCUT2D eigenvalue weighted by atomic mass is 9.71. The molecule has 17 atom stereocenters. The number of phosphoric acid groups is 3. The highest BCUT2D eigenvalue weighted by molar-refractivity contribution is 7.46. The van der Waals surface area contributed by atoms with Crippen molar-refractivity contribution in [3.63, 3.8) is 0 Å². The summed E-state index contributed by atoms with van der Waals surface area (Å²) in [5.74, 6) is -3.37. The van der Waals surface area contributed by atoms with Crippen molar-refractivity contribution in [1.82, 2.24) is 15.5 Å². The van der Waals surface area contributed by atoms with Gasteiger partial charge in [-0.1, -0.05) is 6.92 Å². The van der Waals surface area contributed by atoms with Crippen molar-refractivity contribution in [2.75, 3.05) is 271 Å². The fourth-order valence-corrected chi connectivity index (χ4v) is 14.4. The smallest absolute Gasteiger partial charge is 0.387 e. The van der Waals surface area contributed by atoms with E-state index in [1.54, 1.807) is 6.92 Å². The molecule has 4 heterocycles. The first-order chi connectivity index (χ1) is 65.4. The molecule has 0 aromatic carbocycles. The zero-order valence-corrected chi connectivity index (χ0v) is 80.0. The highest BCUT2D eigenvalue weighted by Gasteiger charge is 2.48. The van der Waals surface area contributed by atoms with Gasteiger partial charge in [-0.05, 0) is 37.5 Å². The van der Waals surface area contributed by atoms with Crippen molar-refractivity contribution >= 4 is 72.3 Å². The van der Waals surface area contributed by atoms with Crippen LogP contribution >= 0.6 is 23.5 Å². The van der Waals surface area contributed by atoms with Crippen LogP contribution < -0.4 is 10.6 Å². The molecular weight excluding hydrogens is 1910 g/mol. The van der Waals surface area contributed by atoms with Crippen LogP contribution in [-0.2, 0) is 165 Å². The molecule has 4 rings (SSSR count). The van der Waals surface area contributed by atoms with E-state index >= 15 is 0 Å². The SMILES string of the molecule is [B]C1CC(=O)N(CCC(=O)C(C)CCOCCOCCOCCOCCC(=O)CC(CCC(=O)CCCOCCOCCOCCOCCOC2OC(COP(=O)(O)O)C(O)C(O)C2O)(CCC(=O)NCCOCCOCCOCCOCCOC2OC(COP(=O)(O)O)C(O)C(O)C2O)CCC(=O)NCCOCCOCCOCCOCCOC2OC(COP(=O)(O)O)C(O)C(O)C2O)C1=O. The van der Waals surface area contributed by atoms with Gasteiger partial charge in [0.25, 0.3) is 0 Å². The summed E-state index contributed by atoms with van der Waals surface area (Å²) in [6.45, 7) is 4.40. The predicted molar refractivity (Wildman–Crippen MR) is 464 cm³/mol. The molecular formula is C80H145BN3O50P3. The fraction of sp³-hybridized carbons (Fsp3) is 0.912. The van der Waals surface area contributed by atoms with Crippen molar-refractivity contribution in [2.45, 2.75) is 188 Å². The van der Waals surface area contributed by atoms with Crippen LogP contribution in [-0.4, -0.2) is 492 Å². The molecule has 4 saturated heterocycles. The van der Waals surface area contributed by atoms with Gasteiger partial charge in [0.05, 0.1) is 246 Å². The number of likely N-dealkylation sites (tertiary alicyclic amines) is 1. The van der Waals surface area contributed by atoms with Gasteiger partial charge in [-0.25, -0.2) is 13.7 Å². The first-order valence-corrected chi connectivity index (χ1v) is 50.0. The third kappa shape index (κ3) is 58.3. The molecule has 57 heteroatoms. The number of Topliss-reactive ketones (excluding diaryl/α,β-unsaturated/α-hetero) is 3. The van der Waals surface area contributed by atoms with Crippen molar-refractivity contribution in [3.8, 4) is 0 Å². The van der Waals surface area contributed by atoms with Crippen LogP contribution in [0.1, 0.15) is 90.4 Å². The number of ketones is 3. The summed E-state index contributed by atoms with van der Waals surface area (Å²) in [5.41, 5.74) is -1.05. The van der Waals surface area contributed by atoms with Crippen LogP contribution in [0, 0.1) is 11.3 Å². The summed E-state index contributed by atoms with van der Waals surface area (Å²) in [7, 11) is -9.12. The lowest BCUT2D eigenvalue weighted by Gasteiger charge is -2.40. The molecule has 0 aromatic heterocycles. The minimum Gasteiger partial charge on any atom is -0.387 e. The van der Waals surface area contributed by atoms with Gasteiger partial charge in [-0.15, -0.1) is 0 Å². The summed E-state index contributed by atoms with van der Waals surface area (Å²) in [5, 5.41) is 97.2. The minimum absolute atomic E-state index is 0.000130. The van der Waals surface area contributed by atoms with Crippen molar-refractivity contribution in [2.24, 2.45) is 11.3 Å². The monoisotopic (exact) mass is 2050 g/mol. The largest absolute Gasteiger partial charge is 0.469 e. The van der Waals surface area contributed by atoms with Crippen LogP contribution in [0.2, 0.25) is 5.82 Å². The Bertz CT molecular complexity index is 3150. The average molecular weight is 2050 g/mol. The molecule has 137 heavy (non-hydrogen) atoms. The number of carbonyl (C=O) groups excluding carboxylic acids is 7. The van der Waals surface area contributed by atoms with E-state index in [2.05, 4.69) is 24.2 Å². The maximum atomic E-state index is 14.2. The maximum Gasteiger partial charge on any atom is 0.469 e. The fourth-order valence-electron chi connectivity index (χ4n) is 13.3. The Morgan fingerprint density at radius 3 is 0.978 bits per heavy atom. The molecule has 0 saturated carbocycles. The molecule has 798 valence electrons. The van der Waals surface area contributed by atoms with Crippen molar-refractivity contribution in [3.05, 3.63) is 0 Å². The summed E-state index contributed by atoms with van der Waals surface area (Å²) in [6, 6.07) is 0. The normalized spacial score (nSPS) is 24.1. The number of phosphoric ester groups is 3. The summed E-state index contributed by atoms with van der Waals surface area (Å²) < 4.78 is 168. The Kier molecular flexibility index (Phi) is 67.2. The molecule has 4 aliphatic heterocycles. The lowest BCUT2D eigenvalue weighted by Crippen LogP contribution is -2.59. The van der Waals surface area contributed by atoms with Gasteiger partial charge >= 0.3 is 23.5 Å². The molecule has 0 aromatic rings. The van der Waals surface area contributed by atoms with Crippen LogP contribution in [0.3, 0.4) is 0 Å². The van der Waals surface area contributed by atoms with Gasteiger partial charge in [0.1, 0.15) is 90.6 Å². The topological polar surface area (TPSA) is 732 Å². The molecule has 4 amide bonds. The predicted octanol–water partition coefficient (Wildman–Crippen LogP) is -5.99. The first kappa shape index (κ1) is 126. The van der Waals surface area contributed by atoms with Gasteiger partial charge in [-0.3, -0.25) is 52.0 Å². The molecule has 53 nitrogen and oxygen atoms in total. The molecule has 4 fully saturated rings. The minimum atomic E-state index is -4.92. The summed E-state index contributed by atoms with van der Waals surface area (Å²) in [4.78, 5) is 147. The number of carbonyl (C=O) groups is 7. The lowest BCUT2D eigenvalue weighted by molar-refractivity contribution is -0.301. The molecule has 17 N–H and O–H groups in total. The van der Waals surface area contributed by atoms with E-state index in [0.29, 0.717) is 12.8 Å². The van der Waals surface area contributed by atoms with E-state index in [1.165, 1.54) is 0 Å². The zero-order chi connectivity index (χ0) is 101. The van der Waals surface area contributed by atoms with E-state index in [9.17, 15) is 93.2 Å². The van der Waals surface area contributed by atoms with Gasteiger partial charge < -0.3 is 190 Å². The zero-order valence-electron chi connectivity index (χ0n) is 77.4. The second kappa shape index (κ2) is 73.3. The quantitative estimate of drug-likeness (QED) is 0.0117. The third-order valence-corrected chi connectivity index (χ3v) is 22.5. The van der Waals surface area contributed by atoms with Gasteiger partial charge in [0.2, 0.25) is 23.6 Å². The second-order valence-corrected chi connectivity index (χ2v) is 35.4. The third-order valence-electron chi connectivity index (χ3n) is 21.0. The number of ether oxygens (including phenoxy) is 22. The highest BCUT2D eigenvalue weighted by atomic mass is 31.2. The number of hydrogen-bond donors (Lipinski definition) is 17.